The van der Waals surface area contributed by atoms with Gasteiger partial charge in [-0.05, 0) is 46.5 Å². The molecule has 4 heteroatoms. The summed E-state index contributed by atoms with van der Waals surface area (Å²) >= 11 is 0. The third kappa shape index (κ3) is 5.08. The summed E-state index contributed by atoms with van der Waals surface area (Å²) in [6.45, 7) is 11.5. The minimum atomic E-state index is -0.323. The Labute approximate surface area is 190 Å². The van der Waals surface area contributed by atoms with Crippen molar-refractivity contribution < 1.29 is 19.1 Å². The van der Waals surface area contributed by atoms with E-state index >= 15 is 0 Å². The smallest absolute Gasteiger partial charge is 0.308 e. The highest BCUT2D eigenvalue weighted by Crippen LogP contribution is 2.36. The maximum absolute atomic E-state index is 11.1. The van der Waals surface area contributed by atoms with Gasteiger partial charge in [0.05, 0.1) is 0 Å². The van der Waals surface area contributed by atoms with Crippen molar-refractivity contribution in [2.75, 3.05) is 0 Å². The molecular weight excluding hydrogens is 400 g/mol. The quantitative estimate of drug-likeness (QED) is 0.346. The Kier molecular flexibility index (Phi) is 6.54. The number of rotatable bonds is 6. The molecule has 0 amide bonds. The molecule has 0 spiro atoms. The maximum Gasteiger partial charge on any atom is 0.308 e. The molecule has 0 aromatic heterocycles. The van der Waals surface area contributed by atoms with Crippen LogP contribution in [-0.2, 0) is 20.4 Å². The summed E-state index contributed by atoms with van der Waals surface area (Å²) in [4.78, 5) is 22.3. The third-order valence-electron chi connectivity index (χ3n) is 6.00. The number of hydrogen-bond donors (Lipinski definition) is 0. The number of carbonyl (C=O) groups excluding carboxylic acids is 2. The second-order valence-corrected chi connectivity index (χ2v) is 9.06. The lowest BCUT2D eigenvalue weighted by Crippen LogP contribution is -2.21. The van der Waals surface area contributed by atoms with Crippen molar-refractivity contribution in [3.05, 3.63) is 95.1 Å². The molecule has 0 radical (unpaired) electrons. The first-order valence-corrected chi connectivity index (χ1v) is 10.7. The number of carbonyl (C=O) groups is 2. The van der Waals surface area contributed by atoms with Gasteiger partial charge in [0.25, 0.3) is 0 Å². The highest BCUT2D eigenvalue weighted by molar-refractivity contribution is 5.69. The molecule has 0 fully saturated rings. The van der Waals surface area contributed by atoms with Crippen molar-refractivity contribution in [3.8, 4) is 11.5 Å². The van der Waals surface area contributed by atoms with Gasteiger partial charge in [0.2, 0.25) is 0 Å². The van der Waals surface area contributed by atoms with Gasteiger partial charge in [-0.25, -0.2) is 0 Å². The van der Waals surface area contributed by atoms with Crippen LogP contribution in [0.25, 0.3) is 0 Å². The van der Waals surface area contributed by atoms with Crippen LogP contribution in [0.3, 0.4) is 0 Å². The number of esters is 2. The number of hydrogen-bond acceptors (Lipinski definition) is 4. The molecule has 0 saturated heterocycles. The zero-order valence-corrected chi connectivity index (χ0v) is 19.6. The molecule has 0 saturated carbocycles. The van der Waals surface area contributed by atoms with Gasteiger partial charge in [-0.1, -0.05) is 76.2 Å². The minimum absolute atomic E-state index is 0.205. The van der Waals surface area contributed by atoms with Gasteiger partial charge >= 0.3 is 11.9 Å². The summed E-state index contributed by atoms with van der Waals surface area (Å²) in [5.41, 5.74) is 4.26. The molecular formula is C28H30O4. The molecule has 166 valence electrons. The topological polar surface area (TPSA) is 52.6 Å². The Balaban J connectivity index is 1.82. The molecule has 0 N–H and O–H groups in total. The molecule has 0 aliphatic rings. The second-order valence-electron chi connectivity index (χ2n) is 9.06. The molecule has 0 bridgehead atoms. The van der Waals surface area contributed by atoms with Gasteiger partial charge in [-0.15, -0.1) is 0 Å². The molecule has 0 aliphatic carbocycles. The molecule has 3 aromatic rings. The van der Waals surface area contributed by atoms with Crippen LogP contribution in [0.2, 0.25) is 0 Å². The Morgan fingerprint density at radius 3 is 0.938 bits per heavy atom. The lowest BCUT2D eigenvalue weighted by atomic mass is 9.74. The van der Waals surface area contributed by atoms with E-state index < -0.39 is 0 Å². The van der Waals surface area contributed by atoms with E-state index in [0.29, 0.717) is 11.5 Å². The molecule has 0 heterocycles. The SMILES string of the molecule is CC(=O)Oc1ccc(C(C)(C)c2ccc(C(C)(C)c3ccc(OC(C)=O)cc3)cc2)cc1. The van der Waals surface area contributed by atoms with E-state index in [1.807, 2.05) is 48.5 Å². The van der Waals surface area contributed by atoms with Gasteiger partial charge in [0, 0.05) is 24.7 Å². The Hall–Kier alpha value is -3.40. The fraction of sp³-hybridized carbons (Fsp3) is 0.286. The highest BCUT2D eigenvalue weighted by atomic mass is 16.5. The van der Waals surface area contributed by atoms with Crippen LogP contribution in [0.4, 0.5) is 0 Å². The average molecular weight is 431 g/mol. The van der Waals surface area contributed by atoms with Crippen LogP contribution in [0.5, 0.6) is 11.5 Å². The second kappa shape index (κ2) is 8.99. The van der Waals surface area contributed by atoms with Gasteiger partial charge in [-0.2, -0.15) is 0 Å². The van der Waals surface area contributed by atoms with E-state index in [-0.39, 0.29) is 22.8 Å². The van der Waals surface area contributed by atoms with Crippen molar-refractivity contribution in [2.45, 2.75) is 52.4 Å². The Morgan fingerprint density at radius 1 is 0.500 bits per heavy atom. The van der Waals surface area contributed by atoms with Crippen LogP contribution in [0.15, 0.2) is 72.8 Å². The van der Waals surface area contributed by atoms with Crippen LogP contribution in [-0.4, -0.2) is 11.9 Å². The molecule has 32 heavy (non-hydrogen) atoms. The zero-order chi connectivity index (χ0) is 23.5. The van der Waals surface area contributed by atoms with E-state index in [1.165, 1.54) is 25.0 Å². The van der Waals surface area contributed by atoms with Gasteiger partial charge < -0.3 is 9.47 Å². The normalized spacial score (nSPS) is 11.7. The van der Waals surface area contributed by atoms with E-state index in [4.69, 9.17) is 9.47 Å². The fourth-order valence-corrected chi connectivity index (χ4v) is 3.85. The first-order chi connectivity index (χ1) is 15.0. The Bertz CT molecular complexity index is 999. The van der Waals surface area contributed by atoms with Crippen molar-refractivity contribution in [1.29, 1.82) is 0 Å². The van der Waals surface area contributed by atoms with Gasteiger partial charge in [-0.3, -0.25) is 9.59 Å². The lowest BCUT2D eigenvalue weighted by molar-refractivity contribution is -0.132. The molecule has 0 unspecified atom stereocenters. The van der Waals surface area contributed by atoms with Crippen molar-refractivity contribution in [2.24, 2.45) is 0 Å². The minimum Gasteiger partial charge on any atom is -0.427 e. The van der Waals surface area contributed by atoms with Crippen molar-refractivity contribution in [3.63, 3.8) is 0 Å². The predicted molar refractivity (Wildman–Crippen MR) is 126 cm³/mol. The van der Waals surface area contributed by atoms with E-state index in [1.54, 1.807) is 0 Å². The lowest BCUT2D eigenvalue weighted by Gasteiger charge is -2.29. The van der Waals surface area contributed by atoms with Crippen LogP contribution in [0, 0.1) is 0 Å². The maximum atomic E-state index is 11.1. The van der Waals surface area contributed by atoms with Crippen molar-refractivity contribution in [1.82, 2.24) is 0 Å². The monoisotopic (exact) mass is 430 g/mol. The molecule has 4 nitrogen and oxygen atoms in total. The third-order valence-corrected chi connectivity index (χ3v) is 6.00. The largest absolute Gasteiger partial charge is 0.427 e. The van der Waals surface area contributed by atoms with E-state index in [9.17, 15) is 9.59 Å². The first-order valence-electron chi connectivity index (χ1n) is 10.7. The fourth-order valence-electron chi connectivity index (χ4n) is 3.85. The van der Waals surface area contributed by atoms with E-state index in [2.05, 4.69) is 52.0 Å². The average Bonchev–Trinajstić information content (AvgIpc) is 2.74. The van der Waals surface area contributed by atoms with Crippen molar-refractivity contribution >= 4 is 11.9 Å². The van der Waals surface area contributed by atoms with Gasteiger partial charge in [0.1, 0.15) is 11.5 Å². The molecule has 3 aromatic carbocycles. The molecule has 0 atom stereocenters. The number of benzene rings is 3. The Morgan fingerprint density at radius 2 is 0.719 bits per heavy atom. The van der Waals surface area contributed by atoms with Crippen LogP contribution < -0.4 is 9.47 Å². The van der Waals surface area contributed by atoms with Gasteiger partial charge in [0.15, 0.2) is 0 Å². The molecule has 0 aliphatic heterocycles. The first kappa shape index (κ1) is 23.3. The summed E-state index contributed by atoms with van der Waals surface area (Å²) in [5.74, 6) is 0.454. The summed E-state index contributed by atoms with van der Waals surface area (Å²) in [5, 5.41) is 0. The summed E-state index contributed by atoms with van der Waals surface area (Å²) < 4.78 is 10.3. The van der Waals surface area contributed by atoms with Crippen LogP contribution in [0.1, 0.15) is 63.8 Å². The molecule has 3 rings (SSSR count). The summed E-state index contributed by atoms with van der Waals surface area (Å²) in [6, 6.07) is 24.0. The number of ether oxygens (including phenoxy) is 2. The van der Waals surface area contributed by atoms with Crippen LogP contribution >= 0.6 is 0 Å². The summed E-state index contributed by atoms with van der Waals surface area (Å²) in [7, 11) is 0. The predicted octanol–water partition coefficient (Wildman–Crippen LogP) is 6.19. The zero-order valence-electron chi connectivity index (χ0n) is 19.6. The van der Waals surface area contributed by atoms with E-state index in [0.717, 1.165) is 11.1 Å². The highest BCUT2D eigenvalue weighted by Gasteiger charge is 2.26. The summed E-state index contributed by atoms with van der Waals surface area (Å²) in [6.07, 6.45) is 0. The standard InChI is InChI=1S/C28H30O4/c1-19(29)31-25-15-11-23(12-16-25)27(3,4)21-7-9-22(10-8-21)28(5,6)24-13-17-26(18-14-24)32-20(2)30/h7-18H,1-6H3.